The highest BCUT2D eigenvalue weighted by Gasteiger charge is 2.29. The lowest BCUT2D eigenvalue weighted by Crippen LogP contribution is -2.18. The first-order valence-corrected chi connectivity index (χ1v) is 7.83. The molecule has 0 aliphatic carbocycles. The third-order valence-electron chi connectivity index (χ3n) is 3.54. The predicted octanol–water partition coefficient (Wildman–Crippen LogP) is 3.98. The van der Waals surface area contributed by atoms with Crippen LogP contribution in [-0.2, 0) is 20.6 Å². The Bertz CT molecular complexity index is 692. The van der Waals surface area contributed by atoms with Gasteiger partial charge in [0.15, 0.2) is 0 Å². The molecule has 21 heavy (non-hydrogen) atoms. The number of pyridine rings is 1. The topological polar surface area (TPSA) is 40.6 Å². The van der Waals surface area contributed by atoms with Gasteiger partial charge in [-0.15, -0.1) is 11.3 Å². The van der Waals surface area contributed by atoms with Gasteiger partial charge in [0.25, 0.3) is 6.29 Å². The predicted molar refractivity (Wildman–Crippen MR) is 79.1 cm³/mol. The summed E-state index contributed by atoms with van der Waals surface area (Å²) in [6, 6.07) is 6.03. The zero-order chi connectivity index (χ0) is 14.2. The van der Waals surface area contributed by atoms with Crippen molar-refractivity contribution in [2.45, 2.75) is 18.8 Å². The summed E-state index contributed by atoms with van der Waals surface area (Å²) >= 11 is 7.85. The molecule has 6 heteroatoms. The van der Waals surface area contributed by atoms with Crippen molar-refractivity contribution in [3.63, 3.8) is 0 Å². The normalized spacial score (nSPS) is 20.9. The zero-order valence-corrected chi connectivity index (χ0v) is 12.6. The van der Waals surface area contributed by atoms with Gasteiger partial charge in [-0.1, -0.05) is 17.7 Å². The minimum atomic E-state index is -0.409. The second-order valence-corrected chi connectivity index (χ2v) is 6.49. The third kappa shape index (κ3) is 2.31. The largest absolute Gasteiger partial charge is 0.454 e. The Hall–Kier alpha value is -1.56. The first kappa shape index (κ1) is 13.1. The molecule has 2 aromatic heterocycles. The molecular formula is C15H12ClNO3S. The molecule has 1 unspecified atom stereocenters. The van der Waals surface area contributed by atoms with Crippen LogP contribution in [0.4, 0.5) is 0 Å². The number of fused-ring (bicyclic) bond motifs is 1. The van der Waals surface area contributed by atoms with Gasteiger partial charge in [-0.2, -0.15) is 0 Å². The number of nitrogens with zero attached hydrogens (tertiary/aromatic N) is 1. The van der Waals surface area contributed by atoms with E-state index in [0.717, 1.165) is 22.6 Å². The molecule has 2 aliphatic rings. The molecule has 4 heterocycles. The van der Waals surface area contributed by atoms with Gasteiger partial charge in [0, 0.05) is 11.8 Å². The van der Waals surface area contributed by atoms with E-state index < -0.39 is 6.29 Å². The molecule has 2 aromatic rings. The number of aromatic nitrogens is 1. The highest BCUT2D eigenvalue weighted by Crippen LogP contribution is 2.42. The second-order valence-electron chi connectivity index (χ2n) is 4.80. The summed E-state index contributed by atoms with van der Waals surface area (Å²) in [5.41, 5.74) is 3.09. The molecule has 108 valence electrons. The van der Waals surface area contributed by atoms with Crippen molar-refractivity contribution >= 4 is 22.9 Å². The SMILES string of the molecule is Clc1sc(C2OC=CO2)cc1C1OCCc2cccnc21. The fourth-order valence-electron chi connectivity index (χ4n) is 2.57. The van der Waals surface area contributed by atoms with E-state index in [0.29, 0.717) is 10.9 Å². The summed E-state index contributed by atoms with van der Waals surface area (Å²) in [6.45, 7) is 0.669. The average Bonchev–Trinajstić information content (AvgIpc) is 3.16. The molecule has 1 atom stereocenters. The highest BCUT2D eigenvalue weighted by atomic mass is 35.5. The molecule has 0 radical (unpaired) electrons. The Morgan fingerprint density at radius 3 is 3.00 bits per heavy atom. The van der Waals surface area contributed by atoms with E-state index in [1.54, 1.807) is 6.20 Å². The summed E-state index contributed by atoms with van der Waals surface area (Å²) in [4.78, 5) is 5.39. The van der Waals surface area contributed by atoms with Crippen molar-refractivity contribution in [2.75, 3.05) is 6.61 Å². The summed E-state index contributed by atoms with van der Waals surface area (Å²) in [6.07, 6.45) is 5.11. The van der Waals surface area contributed by atoms with Crippen molar-refractivity contribution in [3.05, 3.63) is 63.0 Å². The summed E-state index contributed by atoms with van der Waals surface area (Å²) < 4.78 is 17.3. The maximum absolute atomic E-state index is 6.40. The number of ether oxygens (including phenoxy) is 3. The second kappa shape index (κ2) is 5.33. The van der Waals surface area contributed by atoms with Gasteiger partial charge >= 0.3 is 0 Å². The maximum atomic E-state index is 6.40. The number of rotatable bonds is 2. The summed E-state index contributed by atoms with van der Waals surface area (Å²) in [5, 5.41) is 0. The van der Waals surface area contributed by atoms with Crippen molar-refractivity contribution < 1.29 is 14.2 Å². The van der Waals surface area contributed by atoms with E-state index in [4.69, 9.17) is 25.8 Å². The molecule has 0 fully saturated rings. The van der Waals surface area contributed by atoms with Crippen molar-refractivity contribution in [1.29, 1.82) is 0 Å². The van der Waals surface area contributed by atoms with Crippen LogP contribution >= 0.6 is 22.9 Å². The van der Waals surface area contributed by atoms with E-state index in [1.165, 1.54) is 29.4 Å². The molecule has 4 nitrogen and oxygen atoms in total. The lowest BCUT2D eigenvalue weighted by Gasteiger charge is -2.24. The molecule has 0 N–H and O–H groups in total. The minimum Gasteiger partial charge on any atom is -0.454 e. The quantitative estimate of drug-likeness (QED) is 0.839. The van der Waals surface area contributed by atoms with Crippen LogP contribution in [0.1, 0.15) is 34.1 Å². The number of hydrogen-bond acceptors (Lipinski definition) is 5. The first-order valence-electron chi connectivity index (χ1n) is 6.63. The van der Waals surface area contributed by atoms with Gasteiger partial charge in [-0.25, -0.2) is 0 Å². The Kier molecular flexibility index (Phi) is 3.33. The van der Waals surface area contributed by atoms with E-state index >= 15 is 0 Å². The average molecular weight is 322 g/mol. The number of halogens is 1. The molecule has 2 aliphatic heterocycles. The summed E-state index contributed by atoms with van der Waals surface area (Å²) in [7, 11) is 0. The van der Waals surface area contributed by atoms with Crippen LogP contribution in [0.5, 0.6) is 0 Å². The fraction of sp³-hybridized carbons (Fsp3) is 0.267. The van der Waals surface area contributed by atoms with E-state index in [2.05, 4.69) is 11.1 Å². The van der Waals surface area contributed by atoms with Crippen LogP contribution < -0.4 is 0 Å². The Labute approximate surface area is 130 Å². The molecule has 0 aromatic carbocycles. The van der Waals surface area contributed by atoms with Gasteiger partial charge in [-0.3, -0.25) is 4.98 Å². The van der Waals surface area contributed by atoms with Gasteiger partial charge in [0.1, 0.15) is 18.6 Å². The maximum Gasteiger partial charge on any atom is 0.275 e. The van der Waals surface area contributed by atoms with Crippen LogP contribution in [0.2, 0.25) is 4.34 Å². The first-order chi connectivity index (χ1) is 10.3. The Morgan fingerprint density at radius 1 is 1.29 bits per heavy atom. The molecular weight excluding hydrogens is 310 g/mol. The van der Waals surface area contributed by atoms with Crippen LogP contribution in [-0.4, -0.2) is 11.6 Å². The van der Waals surface area contributed by atoms with Gasteiger partial charge in [0.05, 0.1) is 21.5 Å². The minimum absolute atomic E-state index is 0.221. The molecule has 0 saturated heterocycles. The van der Waals surface area contributed by atoms with Gasteiger partial charge in [0.2, 0.25) is 0 Å². The molecule has 4 rings (SSSR count). The smallest absolute Gasteiger partial charge is 0.275 e. The fourth-order valence-corrected chi connectivity index (χ4v) is 3.88. The van der Waals surface area contributed by atoms with Crippen LogP contribution in [0.3, 0.4) is 0 Å². The highest BCUT2D eigenvalue weighted by molar-refractivity contribution is 7.16. The Balaban J connectivity index is 1.71. The van der Waals surface area contributed by atoms with Gasteiger partial charge < -0.3 is 14.2 Å². The number of hydrogen-bond donors (Lipinski definition) is 0. The van der Waals surface area contributed by atoms with Crippen LogP contribution in [0.15, 0.2) is 36.9 Å². The third-order valence-corrected chi connectivity index (χ3v) is 4.95. The lowest BCUT2D eigenvalue weighted by molar-refractivity contribution is -0.0218. The number of thiophene rings is 1. The molecule has 0 saturated carbocycles. The molecule has 0 amide bonds. The molecule has 0 spiro atoms. The van der Waals surface area contributed by atoms with Gasteiger partial charge in [-0.05, 0) is 24.1 Å². The zero-order valence-electron chi connectivity index (χ0n) is 11.0. The van der Waals surface area contributed by atoms with E-state index in [-0.39, 0.29) is 6.10 Å². The van der Waals surface area contributed by atoms with E-state index in [1.807, 2.05) is 12.1 Å². The molecule has 0 bridgehead atoms. The summed E-state index contributed by atoms with van der Waals surface area (Å²) in [5.74, 6) is 0. The van der Waals surface area contributed by atoms with E-state index in [9.17, 15) is 0 Å². The lowest BCUT2D eigenvalue weighted by atomic mass is 9.99. The van der Waals surface area contributed by atoms with Crippen molar-refractivity contribution in [1.82, 2.24) is 4.98 Å². The standard InChI is InChI=1S/C15H12ClNO3S/c16-14-10(8-11(21-14)15-19-6-7-20-15)13-12-9(3-5-18-13)2-1-4-17-12/h1-2,4,6-8,13,15H,3,5H2. The van der Waals surface area contributed by atoms with Crippen LogP contribution in [0, 0.1) is 0 Å². The Morgan fingerprint density at radius 2 is 2.14 bits per heavy atom. The monoisotopic (exact) mass is 321 g/mol. The van der Waals surface area contributed by atoms with Crippen molar-refractivity contribution in [3.8, 4) is 0 Å². The van der Waals surface area contributed by atoms with Crippen molar-refractivity contribution in [2.24, 2.45) is 0 Å². The van der Waals surface area contributed by atoms with Crippen LogP contribution in [0.25, 0.3) is 0 Å².